The number of hydrogen-bond donors (Lipinski definition) is 3. The van der Waals surface area contributed by atoms with E-state index >= 15 is 0 Å². The van der Waals surface area contributed by atoms with E-state index in [1.807, 2.05) is 60.0 Å². The molecule has 0 aromatic heterocycles. The van der Waals surface area contributed by atoms with Gasteiger partial charge < -0.3 is 35.2 Å². The second-order valence-corrected chi connectivity index (χ2v) is 13.3. The third kappa shape index (κ3) is 7.25. The van der Waals surface area contributed by atoms with Gasteiger partial charge in [0.15, 0.2) is 6.61 Å². The van der Waals surface area contributed by atoms with Crippen LogP contribution in [0.25, 0.3) is 0 Å². The molecule has 0 spiro atoms. The van der Waals surface area contributed by atoms with E-state index in [9.17, 15) is 19.5 Å². The molecule has 0 radical (unpaired) electrons. The first-order valence-corrected chi connectivity index (χ1v) is 16.9. The second-order valence-electron chi connectivity index (χ2n) is 13.3. The number of ether oxygens (including phenoxy) is 1. The van der Waals surface area contributed by atoms with Gasteiger partial charge in [-0.3, -0.25) is 9.69 Å². The predicted molar refractivity (Wildman–Crippen MR) is 176 cm³/mol. The Balaban J connectivity index is 1.10. The van der Waals surface area contributed by atoms with Gasteiger partial charge in [-0.25, -0.2) is 9.59 Å². The number of nitrogens with one attached hydrogen (secondary N) is 2. The number of carbonyl (C=O) groups excluding carboxylic acids is 3. The maximum absolute atomic E-state index is 13.6. The number of phenols is 1. The Labute approximate surface area is 271 Å². The van der Waals surface area contributed by atoms with E-state index in [4.69, 9.17) is 4.74 Å². The van der Waals surface area contributed by atoms with Gasteiger partial charge in [-0.2, -0.15) is 0 Å². The van der Waals surface area contributed by atoms with Gasteiger partial charge in [-0.15, -0.1) is 0 Å². The maximum atomic E-state index is 13.6. The summed E-state index contributed by atoms with van der Waals surface area (Å²) in [6.45, 7) is 9.57. The average Bonchev–Trinajstić information content (AvgIpc) is 3.24. The minimum absolute atomic E-state index is 0.0551. The molecule has 248 valence electrons. The highest BCUT2D eigenvalue weighted by Crippen LogP contribution is 2.30. The maximum Gasteiger partial charge on any atom is 0.410 e. The van der Waals surface area contributed by atoms with Crippen molar-refractivity contribution in [1.29, 1.82) is 0 Å². The molecule has 0 aliphatic carbocycles. The Morgan fingerprint density at radius 2 is 1.65 bits per heavy atom. The smallest absolute Gasteiger partial charge is 0.410 e. The number of benzene rings is 2. The number of rotatable bonds is 6. The fourth-order valence-corrected chi connectivity index (χ4v) is 7.73. The number of hydrogen-bond acceptors (Lipinski definition) is 7. The molecule has 4 amide bonds. The minimum atomic E-state index is -0.495. The van der Waals surface area contributed by atoms with Gasteiger partial charge in [0.2, 0.25) is 0 Å². The lowest BCUT2D eigenvalue weighted by atomic mass is 9.90. The van der Waals surface area contributed by atoms with Crippen molar-refractivity contribution >= 4 is 23.7 Å². The molecule has 3 fully saturated rings. The largest absolute Gasteiger partial charge is 0.507 e. The zero-order chi connectivity index (χ0) is 32.2. The molecule has 6 rings (SSSR count). The van der Waals surface area contributed by atoms with Crippen LogP contribution in [0.2, 0.25) is 0 Å². The molecule has 2 aromatic carbocycles. The highest BCUT2D eigenvalue weighted by molar-refractivity contribution is 5.91. The van der Waals surface area contributed by atoms with Gasteiger partial charge in [0.25, 0.3) is 5.91 Å². The number of nitrogens with zero attached hydrogens (tertiary/aromatic N) is 4. The van der Waals surface area contributed by atoms with Crippen LogP contribution in [0.3, 0.4) is 0 Å². The van der Waals surface area contributed by atoms with Gasteiger partial charge in [0.05, 0.1) is 0 Å². The summed E-state index contributed by atoms with van der Waals surface area (Å²) in [7, 11) is 0. The van der Waals surface area contributed by atoms with Crippen LogP contribution < -0.4 is 10.6 Å². The Morgan fingerprint density at radius 1 is 0.935 bits per heavy atom. The summed E-state index contributed by atoms with van der Waals surface area (Å²) in [5, 5.41) is 16.8. The standard InChI is InChI=1S/C35H48N6O5/c1-24-19-26(20-25(2)33(24)43)21-30-22-29(40-13-9-27-5-3-4-6-31(27)37-34(40)44)10-14-41(30)35(45)46-23-32(42)39-17-15-38(16-18-39)28-7-11-36-12-8-28/h3-6,19-20,28-30,36,43H,7-18,21-23H2,1-2H3,(H,37,44)/t29?,30-/m1/s1. The summed E-state index contributed by atoms with van der Waals surface area (Å²) >= 11 is 0. The van der Waals surface area contributed by atoms with Crippen molar-refractivity contribution in [2.45, 2.75) is 70.5 Å². The molecular formula is C35H48N6O5. The number of piperazine rings is 1. The normalized spacial score (nSPS) is 23.0. The fraction of sp³-hybridized carbons (Fsp3) is 0.571. The van der Waals surface area contributed by atoms with Crippen molar-refractivity contribution < 1.29 is 24.2 Å². The van der Waals surface area contributed by atoms with Gasteiger partial charge >= 0.3 is 12.1 Å². The number of anilines is 1. The molecule has 0 bridgehead atoms. The number of para-hydroxylation sites is 1. The molecule has 1 unspecified atom stereocenters. The molecule has 3 saturated heterocycles. The lowest BCUT2D eigenvalue weighted by Gasteiger charge is -2.43. The highest BCUT2D eigenvalue weighted by Gasteiger charge is 2.38. The quantitative estimate of drug-likeness (QED) is 0.446. The molecule has 11 nitrogen and oxygen atoms in total. The van der Waals surface area contributed by atoms with Crippen LogP contribution in [0.15, 0.2) is 36.4 Å². The average molecular weight is 633 g/mol. The number of likely N-dealkylation sites (tertiary alicyclic amines) is 1. The molecular weight excluding hydrogens is 584 g/mol. The van der Waals surface area contributed by atoms with Crippen molar-refractivity contribution in [3.8, 4) is 5.75 Å². The van der Waals surface area contributed by atoms with Gasteiger partial charge in [-0.05, 0) is 93.8 Å². The molecule has 2 aromatic rings. The van der Waals surface area contributed by atoms with Gasteiger partial charge in [0.1, 0.15) is 5.75 Å². The van der Waals surface area contributed by atoms with E-state index in [1.54, 1.807) is 4.90 Å². The van der Waals surface area contributed by atoms with Crippen molar-refractivity contribution in [3.63, 3.8) is 0 Å². The lowest BCUT2D eigenvalue weighted by molar-refractivity contribution is -0.137. The topological polar surface area (TPSA) is 118 Å². The van der Waals surface area contributed by atoms with E-state index in [-0.39, 0.29) is 36.4 Å². The summed E-state index contributed by atoms with van der Waals surface area (Å²) in [4.78, 5) is 48.0. The zero-order valence-corrected chi connectivity index (χ0v) is 27.2. The molecule has 0 saturated carbocycles. The Kier molecular flexibility index (Phi) is 9.98. The number of carbonyl (C=O) groups is 3. The number of amides is 4. The number of fused-ring (bicyclic) bond motifs is 1. The van der Waals surface area contributed by atoms with Crippen molar-refractivity contribution in [2.75, 3.05) is 64.3 Å². The van der Waals surface area contributed by atoms with Crippen LogP contribution in [0.5, 0.6) is 5.75 Å². The molecule has 3 N–H and O–H groups in total. The van der Waals surface area contributed by atoms with Crippen LogP contribution in [0, 0.1) is 13.8 Å². The monoisotopic (exact) mass is 632 g/mol. The number of urea groups is 1. The Morgan fingerprint density at radius 3 is 2.39 bits per heavy atom. The van der Waals surface area contributed by atoms with Crippen molar-refractivity contribution in [2.24, 2.45) is 0 Å². The third-order valence-electron chi connectivity index (χ3n) is 10.3. The van der Waals surface area contributed by atoms with Gasteiger partial charge in [0, 0.05) is 63.1 Å². The molecule has 2 atom stereocenters. The summed E-state index contributed by atoms with van der Waals surface area (Å²) in [5.74, 6) is 0.118. The van der Waals surface area contributed by atoms with E-state index in [2.05, 4.69) is 15.5 Å². The molecule has 46 heavy (non-hydrogen) atoms. The van der Waals surface area contributed by atoms with Crippen molar-refractivity contribution in [3.05, 3.63) is 58.7 Å². The van der Waals surface area contributed by atoms with Gasteiger partial charge in [-0.1, -0.05) is 30.3 Å². The zero-order valence-electron chi connectivity index (χ0n) is 27.2. The summed E-state index contributed by atoms with van der Waals surface area (Å²) < 4.78 is 5.68. The summed E-state index contributed by atoms with van der Waals surface area (Å²) in [6, 6.07) is 12.0. The van der Waals surface area contributed by atoms with E-state index in [1.165, 1.54) is 0 Å². The van der Waals surface area contributed by atoms with Crippen molar-refractivity contribution in [1.82, 2.24) is 24.9 Å². The van der Waals surface area contributed by atoms with Crippen LogP contribution in [-0.2, 0) is 22.4 Å². The van der Waals surface area contributed by atoms with Crippen LogP contribution in [-0.4, -0.2) is 120 Å². The predicted octanol–water partition coefficient (Wildman–Crippen LogP) is 3.51. The number of phenolic OH excluding ortho intramolecular Hbond substituents is 1. The fourth-order valence-electron chi connectivity index (χ4n) is 7.73. The number of aryl methyl sites for hydroxylation is 2. The molecule has 11 heteroatoms. The summed E-state index contributed by atoms with van der Waals surface area (Å²) in [6.07, 6.45) is 4.30. The lowest BCUT2D eigenvalue weighted by Crippen LogP contribution is -2.56. The SMILES string of the molecule is Cc1cc(C[C@@H]2CC(N3CCc4ccccc4NC3=O)CCN2C(=O)OCC(=O)N2CCN(C3CCNCC3)CC2)cc(C)c1O. The number of piperidine rings is 2. The van der Waals surface area contributed by atoms with Crippen LogP contribution >= 0.6 is 0 Å². The first kappa shape index (κ1) is 32.1. The van der Waals surface area contributed by atoms with E-state index in [0.717, 1.165) is 73.4 Å². The minimum Gasteiger partial charge on any atom is -0.507 e. The highest BCUT2D eigenvalue weighted by atomic mass is 16.6. The molecule has 4 aliphatic heterocycles. The first-order chi connectivity index (χ1) is 22.3. The second kappa shape index (κ2) is 14.3. The van der Waals surface area contributed by atoms with Crippen LogP contribution in [0.4, 0.5) is 15.3 Å². The Bertz CT molecular complexity index is 1400. The third-order valence-corrected chi connectivity index (χ3v) is 10.3. The van der Waals surface area contributed by atoms with E-state index in [0.29, 0.717) is 51.5 Å². The number of aromatic hydroxyl groups is 1. The first-order valence-electron chi connectivity index (χ1n) is 16.9. The van der Waals surface area contributed by atoms with Crippen LogP contribution in [0.1, 0.15) is 47.9 Å². The molecule has 4 aliphatic rings. The Hall–Kier alpha value is -3.83. The van der Waals surface area contributed by atoms with E-state index < -0.39 is 6.09 Å². The summed E-state index contributed by atoms with van der Waals surface area (Å²) in [5.41, 5.74) is 4.54. The molecule has 4 heterocycles.